The van der Waals surface area contributed by atoms with E-state index in [9.17, 15) is 0 Å². The lowest BCUT2D eigenvalue weighted by Crippen LogP contribution is -2.33. The monoisotopic (exact) mass is 362 g/mol. The van der Waals surface area contributed by atoms with Crippen LogP contribution in [0.3, 0.4) is 0 Å². The minimum absolute atomic E-state index is 0.0491. The van der Waals surface area contributed by atoms with Gasteiger partial charge in [-0.15, -0.1) is 0 Å². The van der Waals surface area contributed by atoms with Gasteiger partial charge < -0.3 is 18.9 Å². The third kappa shape index (κ3) is 5.78. The summed E-state index contributed by atoms with van der Waals surface area (Å²) in [4.78, 5) is 0. The second-order valence-corrected chi connectivity index (χ2v) is 7.68. The normalized spacial score (nSPS) is 29.6. The minimum Gasteiger partial charge on any atom is -0.352 e. The molecular weight excluding hydrogens is 328 g/mol. The van der Waals surface area contributed by atoms with Gasteiger partial charge in [0.15, 0.2) is 12.6 Å². The Bertz CT molecular complexity index is 499. The summed E-state index contributed by atoms with van der Waals surface area (Å²) in [6, 6.07) is 8.63. The molecule has 2 aliphatic heterocycles. The van der Waals surface area contributed by atoms with E-state index in [0.29, 0.717) is 11.8 Å². The number of ether oxygens (including phenoxy) is 4. The lowest BCUT2D eigenvalue weighted by atomic mass is 10.0. The maximum Gasteiger partial charge on any atom is 0.183 e. The van der Waals surface area contributed by atoms with E-state index in [2.05, 4.69) is 38.1 Å². The lowest BCUT2D eigenvalue weighted by molar-refractivity contribution is -0.220. The van der Waals surface area contributed by atoms with Crippen LogP contribution in [0.25, 0.3) is 0 Å². The maximum absolute atomic E-state index is 5.96. The molecule has 0 aromatic heterocycles. The number of aryl methyl sites for hydroxylation is 1. The number of benzene rings is 1. The van der Waals surface area contributed by atoms with Crippen molar-refractivity contribution in [3.05, 3.63) is 35.4 Å². The molecule has 0 saturated carbocycles. The molecule has 2 heterocycles. The van der Waals surface area contributed by atoms with Gasteiger partial charge in [-0.1, -0.05) is 51.0 Å². The Hall–Kier alpha value is -0.940. The van der Waals surface area contributed by atoms with Crippen LogP contribution >= 0.6 is 0 Å². The Labute approximate surface area is 158 Å². The SMILES string of the molecule is CCCc1ccc(C2OCC(CCC3OCC(CCC)CO3)CO2)cc1. The van der Waals surface area contributed by atoms with Gasteiger partial charge in [0.1, 0.15) is 0 Å². The van der Waals surface area contributed by atoms with Gasteiger partial charge in [0, 0.05) is 17.4 Å². The summed E-state index contributed by atoms with van der Waals surface area (Å²) < 4.78 is 23.6. The highest BCUT2D eigenvalue weighted by atomic mass is 16.7. The van der Waals surface area contributed by atoms with Crippen molar-refractivity contribution >= 4 is 0 Å². The molecule has 4 heteroatoms. The summed E-state index contributed by atoms with van der Waals surface area (Å²) >= 11 is 0. The van der Waals surface area contributed by atoms with Crippen molar-refractivity contribution in [1.82, 2.24) is 0 Å². The summed E-state index contributed by atoms with van der Waals surface area (Å²) in [5, 5.41) is 0. The predicted octanol–water partition coefficient (Wildman–Crippen LogP) is 4.87. The third-order valence-electron chi connectivity index (χ3n) is 5.30. The molecule has 0 amide bonds. The maximum atomic E-state index is 5.96. The van der Waals surface area contributed by atoms with Crippen molar-refractivity contribution in [2.45, 2.75) is 65.0 Å². The van der Waals surface area contributed by atoms with E-state index in [4.69, 9.17) is 18.9 Å². The van der Waals surface area contributed by atoms with Gasteiger partial charge in [-0.05, 0) is 31.2 Å². The Morgan fingerprint density at radius 3 is 1.96 bits per heavy atom. The van der Waals surface area contributed by atoms with Crippen molar-refractivity contribution < 1.29 is 18.9 Å². The molecule has 1 aromatic carbocycles. The van der Waals surface area contributed by atoms with Gasteiger partial charge in [0.25, 0.3) is 0 Å². The summed E-state index contributed by atoms with van der Waals surface area (Å²) in [7, 11) is 0. The highest BCUT2D eigenvalue weighted by Crippen LogP contribution is 2.28. The van der Waals surface area contributed by atoms with Crippen molar-refractivity contribution in [2.75, 3.05) is 26.4 Å². The fraction of sp³-hybridized carbons (Fsp3) is 0.727. The highest BCUT2D eigenvalue weighted by molar-refractivity contribution is 5.23. The molecule has 0 aliphatic carbocycles. The smallest absolute Gasteiger partial charge is 0.183 e. The van der Waals surface area contributed by atoms with E-state index >= 15 is 0 Å². The largest absolute Gasteiger partial charge is 0.352 e. The first-order valence-electron chi connectivity index (χ1n) is 10.3. The molecule has 0 N–H and O–H groups in total. The van der Waals surface area contributed by atoms with Crippen LogP contribution in [0.15, 0.2) is 24.3 Å². The summed E-state index contributed by atoms with van der Waals surface area (Å²) in [5.41, 5.74) is 2.49. The first kappa shape index (κ1) is 19.8. The standard InChI is InChI=1S/C22H34O4/c1-3-5-17-7-10-20(11-8-17)22-25-15-19(16-26-22)9-12-21-23-13-18(6-4-2)14-24-21/h7-8,10-11,18-19,21-22H,3-6,9,12-16H2,1-2H3. The summed E-state index contributed by atoms with van der Waals surface area (Å²) in [5.74, 6) is 0.994. The molecular formula is C22H34O4. The minimum atomic E-state index is -0.223. The molecule has 0 spiro atoms. The number of hydrogen-bond donors (Lipinski definition) is 0. The molecule has 2 fully saturated rings. The Kier molecular flexibility index (Phi) is 7.93. The van der Waals surface area contributed by atoms with Crippen LogP contribution in [0.5, 0.6) is 0 Å². The lowest BCUT2D eigenvalue weighted by Gasteiger charge is -2.32. The fourth-order valence-electron chi connectivity index (χ4n) is 3.73. The van der Waals surface area contributed by atoms with E-state index in [1.54, 1.807) is 0 Å². The second-order valence-electron chi connectivity index (χ2n) is 7.68. The Balaban J connectivity index is 1.35. The van der Waals surface area contributed by atoms with E-state index < -0.39 is 0 Å². The zero-order chi connectivity index (χ0) is 18.2. The quantitative estimate of drug-likeness (QED) is 0.661. The van der Waals surface area contributed by atoms with Gasteiger partial charge in [0.2, 0.25) is 0 Å². The molecule has 0 atom stereocenters. The molecule has 3 rings (SSSR count). The van der Waals surface area contributed by atoms with E-state index in [1.807, 2.05) is 0 Å². The predicted molar refractivity (Wildman–Crippen MR) is 102 cm³/mol. The third-order valence-corrected chi connectivity index (χ3v) is 5.30. The Morgan fingerprint density at radius 2 is 1.35 bits per heavy atom. The molecule has 1 aromatic rings. The molecule has 4 nitrogen and oxygen atoms in total. The van der Waals surface area contributed by atoms with Gasteiger partial charge in [-0.25, -0.2) is 0 Å². The van der Waals surface area contributed by atoms with Crippen LogP contribution in [0.4, 0.5) is 0 Å². The molecule has 2 aliphatic rings. The van der Waals surface area contributed by atoms with Gasteiger partial charge in [-0.3, -0.25) is 0 Å². The second kappa shape index (κ2) is 10.4. The fourth-order valence-corrected chi connectivity index (χ4v) is 3.73. The van der Waals surface area contributed by atoms with Crippen LogP contribution in [0.1, 0.15) is 63.4 Å². The molecule has 0 unspecified atom stereocenters. The van der Waals surface area contributed by atoms with E-state index in [0.717, 1.165) is 51.3 Å². The number of rotatable bonds is 8. The highest BCUT2D eigenvalue weighted by Gasteiger charge is 2.26. The zero-order valence-electron chi connectivity index (χ0n) is 16.3. The van der Waals surface area contributed by atoms with E-state index in [1.165, 1.54) is 24.8 Å². The van der Waals surface area contributed by atoms with Crippen LogP contribution in [-0.2, 0) is 25.4 Å². The van der Waals surface area contributed by atoms with Gasteiger partial charge in [-0.2, -0.15) is 0 Å². The zero-order valence-corrected chi connectivity index (χ0v) is 16.3. The molecule has 0 radical (unpaired) electrons. The average Bonchev–Trinajstić information content (AvgIpc) is 2.69. The topological polar surface area (TPSA) is 36.9 Å². The molecule has 26 heavy (non-hydrogen) atoms. The molecule has 2 saturated heterocycles. The molecule has 146 valence electrons. The average molecular weight is 363 g/mol. The van der Waals surface area contributed by atoms with Crippen molar-refractivity contribution in [1.29, 1.82) is 0 Å². The Morgan fingerprint density at radius 1 is 0.731 bits per heavy atom. The van der Waals surface area contributed by atoms with Crippen molar-refractivity contribution in [3.63, 3.8) is 0 Å². The summed E-state index contributed by atoms with van der Waals surface area (Å²) in [6.07, 6.45) is 6.35. The first-order chi connectivity index (χ1) is 12.8. The van der Waals surface area contributed by atoms with Crippen LogP contribution in [0.2, 0.25) is 0 Å². The van der Waals surface area contributed by atoms with Gasteiger partial charge >= 0.3 is 0 Å². The first-order valence-corrected chi connectivity index (χ1v) is 10.3. The van der Waals surface area contributed by atoms with Crippen LogP contribution in [0, 0.1) is 11.8 Å². The van der Waals surface area contributed by atoms with Crippen molar-refractivity contribution in [2.24, 2.45) is 11.8 Å². The van der Waals surface area contributed by atoms with Crippen molar-refractivity contribution in [3.8, 4) is 0 Å². The van der Waals surface area contributed by atoms with Gasteiger partial charge in [0.05, 0.1) is 26.4 Å². The van der Waals surface area contributed by atoms with Crippen LogP contribution < -0.4 is 0 Å². The summed E-state index contributed by atoms with van der Waals surface area (Å²) in [6.45, 7) is 7.58. The molecule has 0 bridgehead atoms. The van der Waals surface area contributed by atoms with Crippen LogP contribution in [-0.4, -0.2) is 32.7 Å². The van der Waals surface area contributed by atoms with E-state index in [-0.39, 0.29) is 12.6 Å². The number of hydrogen-bond acceptors (Lipinski definition) is 4.